The van der Waals surface area contributed by atoms with Crippen molar-refractivity contribution in [3.8, 4) is 16.9 Å². The molecule has 0 amide bonds. The largest absolute Gasteiger partial charge is 0.508 e. The van der Waals surface area contributed by atoms with Gasteiger partial charge in [0, 0.05) is 18.0 Å². The standard InChI is InChI=1S/C14H16N2O2/c17-12-5-1-3-10(7-12)13-9-16-18-14(13)11-4-2-6-15-8-11/h1,3,5,7,9,11,15,17H,2,4,6,8H2. The maximum absolute atomic E-state index is 9.55. The third-order valence-electron chi connectivity index (χ3n) is 3.42. The molecule has 1 aliphatic heterocycles. The lowest BCUT2D eigenvalue weighted by Crippen LogP contribution is -2.28. The van der Waals surface area contributed by atoms with Gasteiger partial charge in [0.2, 0.25) is 0 Å². The first-order valence-corrected chi connectivity index (χ1v) is 6.29. The lowest BCUT2D eigenvalue weighted by atomic mass is 9.92. The summed E-state index contributed by atoms with van der Waals surface area (Å²) in [6.07, 6.45) is 4.01. The van der Waals surface area contributed by atoms with Gasteiger partial charge in [-0.1, -0.05) is 17.3 Å². The van der Waals surface area contributed by atoms with Crippen molar-refractivity contribution in [1.82, 2.24) is 10.5 Å². The van der Waals surface area contributed by atoms with Gasteiger partial charge in [-0.25, -0.2) is 0 Å². The first-order chi connectivity index (χ1) is 8.84. The van der Waals surface area contributed by atoms with Gasteiger partial charge >= 0.3 is 0 Å². The van der Waals surface area contributed by atoms with E-state index in [1.54, 1.807) is 18.3 Å². The number of rotatable bonds is 2. The van der Waals surface area contributed by atoms with Gasteiger partial charge in [-0.15, -0.1) is 0 Å². The van der Waals surface area contributed by atoms with Crippen LogP contribution >= 0.6 is 0 Å². The molecule has 1 aromatic carbocycles. The average molecular weight is 244 g/mol. The molecule has 0 saturated carbocycles. The van der Waals surface area contributed by atoms with Crippen molar-refractivity contribution in [2.75, 3.05) is 13.1 Å². The minimum absolute atomic E-state index is 0.265. The molecule has 1 unspecified atom stereocenters. The van der Waals surface area contributed by atoms with Crippen LogP contribution in [-0.4, -0.2) is 23.4 Å². The van der Waals surface area contributed by atoms with Crippen molar-refractivity contribution in [3.63, 3.8) is 0 Å². The van der Waals surface area contributed by atoms with E-state index in [0.29, 0.717) is 5.92 Å². The van der Waals surface area contributed by atoms with Crippen molar-refractivity contribution in [3.05, 3.63) is 36.2 Å². The van der Waals surface area contributed by atoms with Gasteiger partial charge in [0.15, 0.2) is 0 Å². The number of phenolic OH excluding ortho intramolecular Hbond substituents is 1. The van der Waals surface area contributed by atoms with Gasteiger partial charge in [0.1, 0.15) is 11.5 Å². The first kappa shape index (κ1) is 11.3. The van der Waals surface area contributed by atoms with Gasteiger partial charge < -0.3 is 14.9 Å². The van der Waals surface area contributed by atoms with E-state index >= 15 is 0 Å². The molecule has 2 aromatic rings. The summed E-state index contributed by atoms with van der Waals surface area (Å²) in [5.41, 5.74) is 1.94. The molecule has 1 atom stereocenters. The van der Waals surface area contributed by atoms with E-state index < -0.39 is 0 Å². The fraction of sp³-hybridized carbons (Fsp3) is 0.357. The highest BCUT2D eigenvalue weighted by Crippen LogP contribution is 2.33. The Hall–Kier alpha value is -1.81. The highest BCUT2D eigenvalue weighted by molar-refractivity contribution is 5.66. The second-order valence-corrected chi connectivity index (χ2v) is 4.70. The predicted molar refractivity (Wildman–Crippen MR) is 68.4 cm³/mol. The van der Waals surface area contributed by atoms with Gasteiger partial charge in [0.25, 0.3) is 0 Å². The van der Waals surface area contributed by atoms with Crippen molar-refractivity contribution >= 4 is 0 Å². The lowest BCUT2D eigenvalue weighted by molar-refractivity contribution is 0.330. The Balaban J connectivity index is 1.95. The Morgan fingerprint density at radius 2 is 2.33 bits per heavy atom. The molecule has 1 aromatic heterocycles. The number of nitrogens with one attached hydrogen (secondary N) is 1. The molecule has 3 rings (SSSR count). The zero-order valence-corrected chi connectivity index (χ0v) is 10.1. The summed E-state index contributed by atoms with van der Waals surface area (Å²) in [5.74, 6) is 1.56. The van der Waals surface area contributed by atoms with Crippen LogP contribution in [0.25, 0.3) is 11.1 Å². The van der Waals surface area contributed by atoms with E-state index in [2.05, 4.69) is 10.5 Å². The normalized spacial score (nSPS) is 19.9. The SMILES string of the molecule is Oc1cccc(-c2cnoc2C2CCCNC2)c1. The monoisotopic (exact) mass is 244 g/mol. The van der Waals surface area contributed by atoms with E-state index in [0.717, 1.165) is 42.8 Å². The van der Waals surface area contributed by atoms with E-state index in [1.807, 2.05) is 12.1 Å². The van der Waals surface area contributed by atoms with Gasteiger partial charge in [-0.05, 0) is 37.1 Å². The Morgan fingerprint density at radius 3 is 3.11 bits per heavy atom. The Kier molecular flexibility index (Phi) is 3.02. The summed E-state index contributed by atoms with van der Waals surface area (Å²) in [5, 5.41) is 16.8. The van der Waals surface area contributed by atoms with Crippen LogP contribution in [0.4, 0.5) is 0 Å². The maximum atomic E-state index is 9.55. The highest BCUT2D eigenvalue weighted by Gasteiger charge is 2.23. The number of piperidine rings is 1. The second kappa shape index (κ2) is 4.82. The molecular weight excluding hydrogens is 228 g/mol. The molecule has 4 heteroatoms. The van der Waals surface area contributed by atoms with Crippen LogP contribution < -0.4 is 5.32 Å². The molecule has 0 bridgehead atoms. The van der Waals surface area contributed by atoms with Crippen molar-refractivity contribution < 1.29 is 9.63 Å². The minimum atomic E-state index is 0.265. The lowest BCUT2D eigenvalue weighted by Gasteiger charge is -2.21. The Labute approximate surface area is 106 Å². The van der Waals surface area contributed by atoms with E-state index in [1.165, 1.54) is 0 Å². The summed E-state index contributed by atoms with van der Waals surface area (Å²) in [7, 11) is 0. The molecule has 1 saturated heterocycles. The smallest absolute Gasteiger partial charge is 0.148 e. The number of benzene rings is 1. The van der Waals surface area contributed by atoms with Crippen LogP contribution in [0.1, 0.15) is 24.5 Å². The van der Waals surface area contributed by atoms with Crippen LogP contribution in [-0.2, 0) is 0 Å². The number of hydrogen-bond donors (Lipinski definition) is 2. The van der Waals surface area contributed by atoms with Gasteiger partial charge in [-0.2, -0.15) is 0 Å². The van der Waals surface area contributed by atoms with Crippen LogP contribution in [0.5, 0.6) is 5.75 Å². The molecule has 0 spiro atoms. The molecule has 0 radical (unpaired) electrons. The van der Waals surface area contributed by atoms with Crippen LogP contribution in [0.15, 0.2) is 35.0 Å². The molecule has 2 heterocycles. The third kappa shape index (κ3) is 2.11. The van der Waals surface area contributed by atoms with E-state index in [4.69, 9.17) is 4.52 Å². The fourth-order valence-corrected chi connectivity index (χ4v) is 2.51. The number of aromatic hydroxyl groups is 1. The Bertz CT molecular complexity index is 530. The molecule has 94 valence electrons. The number of nitrogens with zero attached hydrogens (tertiary/aromatic N) is 1. The topological polar surface area (TPSA) is 58.3 Å². The van der Waals surface area contributed by atoms with E-state index in [-0.39, 0.29) is 5.75 Å². The molecule has 1 aliphatic rings. The summed E-state index contributed by atoms with van der Waals surface area (Å²) >= 11 is 0. The molecule has 2 N–H and O–H groups in total. The summed E-state index contributed by atoms with van der Waals surface area (Å²) in [6.45, 7) is 2.01. The number of aromatic nitrogens is 1. The summed E-state index contributed by atoms with van der Waals surface area (Å²) in [6, 6.07) is 7.21. The summed E-state index contributed by atoms with van der Waals surface area (Å²) < 4.78 is 5.43. The first-order valence-electron chi connectivity index (χ1n) is 6.29. The molecule has 18 heavy (non-hydrogen) atoms. The summed E-state index contributed by atoms with van der Waals surface area (Å²) in [4.78, 5) is 0. The van der Waals surface area contributed by atoms with E-state index in [9.17, 15) is 5.11 Å². The fourth-order valence-electron chi connectivity index (χ4n) is 2.51. The molecule has 4 nitrogen and oxygen atoms in total. The van der Waals surface area contributed by atoms with Crippen LogP contribution in [0, 0.1) is 0 Å². The second-order valence-electron chi connectivity index (χ2n) is 4.70. The zero-order chi connectivity index (χ0) is 12.4. The van der Waals surface area contributed by atoms with Gasteiger partial charge in [-0.3, -0.25) is 0 Å². The maximum Gasteiger partial charge on any atom is 0.148 e. The minimum Gasteiger partial charge on any atom is -0.508 e. The van der Waals surface area contributed by atoms with Crippen molar-refractivity contribution in [1.29, 1.82) is 0 Å². The third-order valence-corrected chi connectivity index (χ3v) is 3.42. The van der Waals surface area contributed by atoms with Gasteiger partial charge in [0.05, 0.1) is 6.20 Å². The van der Waals surface area contributed by atoms with Crippen LogP contribution in [0.3, 0.4) is 0 Å². The van der Waals surface area contributed by atoms with Crippen molar-refractivity contribution in [2.24, 2.45) is 0 Å². The number of phenols is 1. The molecular formula is C14H16N2O2. The highest BCUT2D eigenvalue weighted by atomic mass is 16.5. The Morgan fingerprint density at radius 1 is 1.39 bits per heavy atom. The zero-order valence-electron chi connectivity index (χ0n) is 10.1. The average Bonchev–Trinajstić information content (AvgIpc) is 2.89. The predicted octanol–water partition coefficient (Wildman–Crippen LogP) is 2.51. The van der Waals surface area contributed by atoms with Crippen LogP contribution in [0.2, 0.25) is 0 Å². The molecule has 1 fully saturated rings. The number of hydrogen-bond acceptors (Lipinski definition) is 4. The molecule has 0 aliphatic carbocycles. The quantitative estimate of drug-likeness (QED) is 0.852. The van der Waals surface area contributed by atoms with Crippen molar-refractivity contribution in [2.45, 2.75) is 18.8 Å².